The summed E-state index contributed by atoms with van der Waals surface area (Å²) in [6, 6.07) is 17.9. The smallest absolute Gasteiger partial charge is 0.326 e. The molecule has 0 bridgehead atoms. The zero-order chi connectivity index (χ0) is 22.8. The van der Waals surface area contributed by atoms with Crippen LogP contribution < -0.4 is 5.69 Å². The maximum absolute atomic E-state index is 12.7. The van der Waals surface area contributed by atoms with E-state index in [1.165, 1.54) is 0 Å². The third kappa shape index (κ3) is 4.62. The second kappa shape index (κ2) is 9.56. The van der Waals surface area contributed by atoms with Crippen molar-refractivity contribution in [2.75, 3.05) is 32.7 Å². The van der Waals surface area contributed by atoms with Gasteiger partial charge in [-0.3, -0.25) is 9.36 Å². The highest BCUT2D eigenvalue weighted by atomic mass is 16.2. The molecule has 2 aliphatic rings. The second-order valence-electron chi connectivity index (χ2n) is 9.82. The van der Waals surface area contributed by atoms with Crippen molar-refractivity contribution < 1.29 is 4.79 Å². The van der Waals surface area contributed by atoms with Crippen LogP contribution in [0.15, 0.2) is 59.4 Å². The van der Waals surface area contributed by atoms with Crippen molar-refractivity contribution in [3.05, 3.63) is 70.6 Å². The summed E-state index contributed by atoms with van der Waals surface area (Å²) in [7, 11) is 0. The Kier molecular flexibility index (Phi) is 6.36. The molecule has 174 valence electrons. The highest BCUT2D eigenvalue weighted by molar-refractivity contribution is 5.94. The van der Waals surface area contributed by atoms with Gasteiger partial charge in [0.2, 0.25) is 0 Å². The second-order valence-corrected chi connectivity index (χ2v) is 9.82. The Morgan fingerprint density at radius 2 is 1.61 bits per heavy atom. The van der Waals surface area contributed by atoms with Gasteiger partial charge < -0.3 is 14.8 Å². The van der Waals surface area contributed by atoms with E-state index in [1.807, 2.05) is 64.1 Å². The molecule has 1 amide bonds. The molecule has 2 aliphatic heterocycles. The quantitative estimate of drug-likeness (QED) is 0.640. The summed E-state index contributed by atoms with van der Waals surface area (Å²) in [6.45, 7) is 7.25. The van der Waals surface area contributed by atoms with E-state index in [9.17, 15) is 9.59 Å². The van der Waals surface area contributed by atoms with Gasteiger partial charge in [-0.2, -0.15) is 0 Å². The third-order valence-electron chi connectivity index (χ3n) is 7.74. The predicted molar refractivity (Wildman–Crippen MR) is 132 cm³/mol. The number of imidazole rings is 1. The lowest BCUT2D eigenvalue weighted by molar-refractivity contribution is 0.0632. The van der Waals surface area contributed by atoms with Gasteiger partial charge in [-0.25, -0.2) is 4.79 Å². The van der Waals surface area contributed by atoms with Crippen molar-refractivity contribution >= 4 is 16.9 Å². The molecule has 0 aliphatic carbocycles. The van der Waals surface area contributed by atoms with Crippen LogP contribution in [0.5, 0.6) is 0 Å². The van der Waals surface area contributed by atoms with Crippen LogP contribution in [0.4, 0.5) is 0 Å². The van der Waals surface area contributed by atoms with E-state index in [0.717, 1.165) is 75.0 Å². The highest BCUT2D eigenvalue weighted by Crippen LogP contribution is 2.29. The summed E-state index contributed by atoms with van der Waals surface area (Å²) < 4.78 is 1.97. The zero-order valence-electron chi connectivity index (χ0n) is 19.5. The number of para-hydroxylation sites is 2. The van der Waals surface area contributed by atoms with Crippen LogP contribution in [-0.2, 0) is 0 Å². The van der Waals surface area contributed by atoms with Gasteiger partial charge in [-0.05, 0) is 61.8 Å². The first-order valence-corrected chi connectivity index (χ1v) is 12.4. The molecular weight excluding hydrogens is 412 g/mol. The van der Waals surface area contributed by atoms with Crippen molar-refractivity contribution in [1.29, 1.82) is 0 Å². The highest BCUT2D eigenvalue weighted by Gasteiger charge is 2.29. The number of benzene rings is 2. The van der Waals surface area contributed by atoms with Crippen LogP contribution in [0.2, 0.25) is 0 Å². The molecular formula is C27H34N4O2. The average molecular weight is 447 g/mol. The van der Waals surface area contributed by atoms with E-state index < -0.39 is 0 Å². The molecule has 0 spiro atoms. The van der Waals surface area contributed by atoms with Crippen LogP contribution in [0, 0.1) is 11.8 Å². The van der Waals surface area contributed by atoms with E-state index >= 15 is 0 Å². The molecule has 2 saturated heterocycles. The number of carbonyl (C=O) groups excluding carboxylic acids is 1. The van der Waals surface area contributed by atoms with Gasteiger partial charge in [-0.15, -0.1) is 0 Å². The summed E-state index contributed by atoms with van der Waals surface area (Å²) in [5, 5.41) is 0. The van der Waals surface area contributed by atoms with Crippen LogP contribution in [-0.4, -0.2) is 58.0 Å². The number of aromatic amines is 1. The molecule has 5 rings (SSSR count). The summed E-state index contributed by atoms with van der Waals surface area (Å²) in [5.74, 6) is 1.45. The number of nitrogens with one attached hydrogen (secondary N) is 1. The summed E-state index contributed by atoms with van der Waals surface area (Å²) in [6.07, 6.45) is 4.19. The van der Waals surface area contributed by atoms with Gasteiger partial charge in [0, 0.05) is 44.3 Å². The van der Waals surface area contributed by atoms with E-state index in [-0.39, 0.29) is 17.6 Å². The molecule has 3 aromatic rings. The molecule has 6 heteroatoms. The molecule has 1 atom stereocenters. The average Bonchev–Trinajstić information content (AvgIpc) is 3.20. The van der Waals surface area contributed by atoms with Crippen molar-refractivity contribution in [2.45, 2.75) is 38.6 Å². The lowest BCUT2D eigenvalue weighted by Crippen LogP contribution is -2.43. The van der Waals surface area contributed by atoms with Gasteiger partial charge in [-0.1, -0.05) is 37.3 Å². The SMILES string of the molecule is CC(CN1CCC(n2c(=O)[nH]c3ccccc32)CC1)C1CCN(C(=O)c2ccccc2)CC1. The maximum Gasteiger partial charge on any atom is 0.326 e. The summed E-state index contributed by atoms with van der Waals surface area (Å²) in [4.78, 5) is 32.8. The molecule has 0 radical (unpaired) electrons. The first-order valence-electron chi connectivity index (χ1n) is 12.4. The van der Waals surface area contributed by atoms with Crippen molar-refractivity contribution in [3.63, 3.8) is 0 Å². The summed E-state index contributed by atoms with van der Waals surface area (Å²) in [5.41, 5.74) is 2.75. The number of rotatable bonds is 5. The zero-order valence-corrected chi connectivity index (χ0v) is 19.5. The third-order valence-corrected chi connectivity index (χ3v) is 7.74. The Labute approximate surface area is 195 Å². The molecule has 1 unspecified atom stereocenters. The van der Waals surface area contributed by atoms with Crippen molar-refractivity contribution in [3.8, 4) is 0 Å². The van der Waals surface area contributed by atoms with E-state index in [0.29, 0.717) is 11.8 Å². The fourth-order valence-electron chi connectivity index (χ4n) is 5.79. The van der Waals surface area contributed by atoms with Gasteiger partial charge in [0.25, 0.3) is 5.91 Å². The summed E-state index contributed by atoms with van der Waals surface area (Å²) >= 11 is 0. The number of amides is 1. The standard InChI is InChI=1S/C27H34N4O2/c1-20(21-11-17-30(18-12-21)26(32)22-7-3-2-4-8-22)19-29-15-13-23(14-16-29)31-25-10-6-5-9-24(25)28-27(31)33/h2-10,20-21,23H,11-19H2,1H3,(H,28,33). The van der Waals surface area contributed by atoms with Crippen LogP contribution in [0.1, 0.15) is 49.0 Å². The molecule has 3 heterocycles. The Hall–Kier alpha value is -2.86. The molecule has 0 saturated carbocycles. The number of likely N-dealkylation sites (tertiary alicyclic amines) is 2. The number of carbonyl (C=O) groups is 1. The Morgan fingerprint density at radius 1 is 0.939 bits per heavy atom. The minimum absolute atomic E-state index is 0.0137. The maximum atomic E-state index is 12.7. The number of hydrogen-bond donors (Lipinski definition) is 1. The lowest BCUT2D eigenvalue weighted by atomic mass is 9.84. The molecule has 2 aromatic carbocycles. The normalized spacial score (nSPS) is 19.7. The molecule has 6 nitrogen and oxygen atoms in total. The van der Waals surface area contributed by atoms with Gasteiger partial charge >= 0.3 is 5.69 Å². The fourth-order valence-corrected chi connectivity index (χ4v) is 5.79. The number of aromatic nitrogens is 2. The largest absolute Gasteiger partial charge is 0.339 e. The van der Waals surface area contributed by atoms with Crippen molar-refractivity contribution in [2.24, 2.45) is 11.8 Å². The number of piperidine rings is 2. The lowest BCUT2D eigenvalue weighted by Gasteiger charge is -2.39. The predicted octanol–water partition coefficient (Wildman–Crippen LogP) is 4.16. The molecule has 33 heavy (non-hydrogen) atoms. The first-order chi connectivity index (χ1) is 16.1. The molecule has 1 aromatic heterocycles. The number of hydrogen-bond acceptors (Lipinski definition) is 3. The number of nitrogens with zero attached hydrogens (tertiary/aromatic N) is 3. The Balaban J connectivity index is 1.12. The van der Waals surface area contributed by atoms with Crippen LogP contribution >= 0.6 is 0 Å². The minimum atomic E-state index is 0.0137. The number of H-pyrrole nitrogens is 1. The van der Waals surface area contributed by atoms with Gasteiger partial charge in [0.05, 0.1) is 11.0 Å². The fraction of sp³-hybridized carbons (Fsp3) is 0.481. The minimum Gasteiger partial charge on any atom is -0.339 e. The van der Waals surface area contributed by atoms with E-state index in [4.69, 9.17) is 0 Å². The topological polar surface area (TPSA) is 61.3 Å². The molecule has 1 N–H and O–H groups in total. The van der Waals surface area contributed by atoms with Gasteiger partial charge in [0.15, 0.2) is 0 Å². The van der Waals surface area contributed by atoms with Crippen molar-refractivity contribution in [1.82, 2.24) is 19.4 Å². The van der Waals surface area contributed by atoms with Gasteiger partial charge in [0.1, 0.15) is 0 Å². The van der Waals surface area contributed by atoms with Crippen LogP contribution in [0.25, 0.3) is 11.0 Å². The molecule has 2 fully saturated rings. The first kappa shape index (κ1) is 22.0. The Morgan fingerprint density at radius 3 is 2.33 bits per heavy atom. The van der Waals surface area contributed by atoms with Crippen LogP contribution in [0.3, 0.4) is 0 Å². The monoisotopic (exact) mass is 446 g/mol. The number of fused-ring (bicyclic) bond motifs is 1. The Bertz CT molecular complexity index is 1140. The van der Waals surface area contributed by atoms with E-state index in [2.05, 4.69) is 16.8 Å². The van der Waals surface area contributed by atoms with E-state index in [1.54, 1.807) is 0 Å².